The van der Waals surface area contributed by atoms with Gasteiger partial charge in [0.1, 0.15) is 0 Å². The van der Waals surface area contributed by atoms with Gasteiger partial charge in [-0.05, 0) is 36.8 Å². The van der Waals surface area contributed by atoms with Gasteiger partial charge in [0.25, 0.3) is 11.6 Å². The monoisotopic (exact) mass is 363 g/mol. The second-order valence-corrected chi connectivity index (χ2v) is 6.30. The smallest absolute Gasteiger partial charge is 0.276 e. The molecule has 0 fully saturated rings. The third-order valence-corrected chi connectivity index (χ3v) is 4.47. The van der Waals surface area contributed by atoms with Crippen molar-refractivity contribution in [3.8, 4) is 0 Å². The molecule has 0 spiro atoms. The number of carbonyl (C=O) groups excluding carboxylic acids is 1. The summed E-state index contributed by atoms with van der Waals surface area (Å²) in [6, 6.07) is 12.0. The molecule has 0 aliphatic carbocycles. The minimum absolute atomic E-state index is 0.0865. The number of aryl methyl sites for hydroxylation is 1. The summed E-state index contributed by atoms with van der Waals surface area (Å²) in [4.78, 5) is 23.1. The van der Waals surface area contributed by atoms with E-state index >= 15 is 0 Å². The molecule has 0 saturated carbocycles. The predicted molar refractivity (Wildman–Crippen MR) is 103 cm³/mol. The van der Waals surface area contributed by atoms with E-state index in [4.69, 9.17) is 0 Å². The van der Waals surface area contributed by atoms with Gasteiger partial charge >= 0.3 is 0 Å². The highest BCUT2D eigenvalue weighted by molar-refractivity contribution is 6.11. The van der Waals surface area contributed by atoms with Crippen LogP contribution in [0.2, 0.25) is 0 Å². The van der Waals surface area contributed by atoms with Gasteiger partial charge in [0.15, 0.2) is 5.69 Å². The number of rotatable bonds is 5. The molecule has 2 N–H and O–H groups in total. The van der Waals surface area contributed by atoms with Crippen molar-refractivity contribution in [1.82, 2.24) is 14.8 Å². The number of aromatic amines is 1. The van der Waals surface area contributed by atoms with Crippen LogP contribution >= 0.6 is 0 Å². The largest absolute Gasteiger partial charge is 0.347 e. The number of amides is 1. The Bertz CT molecular complexity index is 1170. The number of fused-ring (bicyclic) bond motifs is 2. The fourth-order valence-corrected chi connectivity index (χ4v) is 3.19. The van der Waals surface area contributed by atoms with Crippen LogP contribution in [0.15, 0.2) is 48.7 Å². The number of non-ortho nitro benzene ring substituents is 1. The molecule has 4 rings (SSSR count). The SMILES string of the molecule is CCCn1ccc2cc(NC(=O)c3n[nH]c4ccc([N+](=O)[O-])cc34)ccc21. The fraction of sp³-hybridized carbons (Fsp3) is 0.158. The molecule has 0 aliphatic rings. The first-order chi connectivity index (χ1) is 13.1. The quantitative estimate of drug-likeness (QED) is 0.411. The van der Waals surface area contributed by atoms with Crippen molar-refractivity contribution in [2.24, 2.45) is 0 Å². The first kappa shape index (κ1) is 16.8. The van der Waals surface area contributed by atoms with Gasteiger partial charge in [-0.3, -0.25) is 20.0 Å². The van der Waals surface area contributed by atoms with Crippen molar-refractivity contribution in [2.45, 2.75) is 19.9 Å². The standard InChI is InChI=1S/C19H17N5O3/c1-2-8-23-9-7-12-10-13(3-6-17(12)23)20-19(25)18-15-11-14(24(26)27)4-5-16(15)21-22-18/h3-7,9-11H,2,8H2,1H3,(H,20,25)(H,21,22). The highest BCUT2D eigenvalue weighted by atomic mass is 16.6. The van der Waals surface area contributed by atoms with Crippen molar-refractivity contribution < 1.29 is 9.72 Å². The van der Waals surface area contributed by atoms with E-state index in [2.05, 4.69) is 27.0 Å². The van der Waals surface area contributed by atoms with Crippen LogP contribution in [0, 0.1) is 10.1 Å². The lowest BCUT2D eigenvalue weighted by molar-refractivity contribution is -0.384. The summed E-state index contributed by atoms with van der Waals surface area (Å²) in [5.74, 6) is -0.422. The third-order valence-electron chi connectivity index (χ3n) is 4.47. The third kappa shape index (κ3) is 3.01. The Hall–Kier alpha value is -3.68. The van der Waals surface area contributed by atoms with Crippen molar-refractivity contribution in [3.05, 3.63) is 64.5 Å². The number of nitro groups is 1. The minimum atomic E-state index is -0.497. The van der Waals surface area contributed by atoms with Gasteiger partial charge in [0, 0.05) is 46.9 Å². The molecule has 0 radical (unpaired) electrons. The molecule has 27 heavy (non-hydrogen) atoms. The molecule has 1 amide bonds. The summed E-state index contributed by atoms with van der Waals surface area (Å²) in [6.45, 7) is 3.06. The number of nitrogens with one attached hydrogen (secondary N) is 2. The highest BCUT2D eigenvalue weighted by Gasteiger charge is 2.17. The summed E-state index contributed by atoms with van der Waals surface area (Å²) >= 11 is 0. The van der Waals surface area contributed by atoms with E-state index < -0.39 is 10.8 Å². The maximum Gasteiger partial charge on any atom is 0.276 e. The zero-order valence-corrected chi connectivity index (χ0v) is 14.6. The Kier molecular flexibility index (Phi) is 4.08. The molecule has 0 atom stereocenters. The fourth-order valence-electron chi connectivity index (χ4n) is 3.19. The molecule has 4 aromatic rings. The number of benzene rings is 2. The number of hydrogen-bond acceptors (Lipinski definition) is 4. The molecule has 8 heteroatoms. The Morgan fingerprint density at radius 2 is 2.11 bits per heavy atom. The summed E-state index contributed by atoms with van der Waals surface area (Å²) in [7, 11) is 0. The number of H-pyrrole nitrogens is 1. The number of anilines is 1. The van der Waals surface area contributed by atoms with E-state index in [9.17, 15) is 14.9 Å². The Morgan fingerprint density at radius 3 is 2.89 bits per heavy atom. The van der Waals surface area contributed by atoms with Gasteiger partial charge in [-0.15, -0.1) is 0 Å². The van der Waals surface area contributed by atoms with Crippen LogP contribution in [0.4, 0.5) is 11.4 Å². The molecule has 0 saturated heterocycles. The zero-order chi connectivity index (χ0) is 19.0. The van der Waals surface area contributed by atoms with E-state index in [-0.39, 0.29) is 11.4 Å². The maximum absolute atomic E-state index is 12.6. The maximum atomic E-state index is 12.6. The Morgan fingerprint density at radius 1 is 1.26 bits per heavy atom. The molecule has 2 heterocycles. The Labute approximate surface area is 153 Å². The van der Waals surface area contributed by atoms with Crippen LogP contribution in [0.25, 0.3) is 21.8 Å². The lowest BCUT2D eigenvalue weighted by Crippen LogP contribution is -2.12. The van der Waals surface area contributed by atoms with E-state index in [1.54, 1.807) is 6.07 Å². The second-order valence-electron chi connectivity index (χ2n) is 6.30. The lowest BCUT2D eigenvalue weighted by Gasteiger charge is -2.06. The predicted octanol–water partition coefficient (Wildman–Crippen LogP) is 4.09. The number of nitro benzene ring substituents is 1. The zero-order valence-electron chi connectivity index (χ0n) is 14.6. The lowest BCUT2D eigenvalue weighted by atomic mass is 10.1. The minimum Gasteiger partial charge on any atom is -0.347 e. The molecule has 2 aromatic carbocycles. The number of carbonyl (C=O) groups is 1. The number of nitrogens with zero attached hydrogens (tertiary/aromatic N) is 3. The topological polar surface area (TPSA) is 106 Å². The summed E-state index contributed by atoms with van der Waals surface area (Å²) in [6.07, 6.45) is 3.07. The molecule has 0 bridgehead atoms. The van der Waals surface area contributed by atoms with Gasteiger partial charge in [0.2, 0.25) is 0 Å². The molecule has 136 valence electrons. The summed E-state index contributed by atoms with van der Waals surface area (Å²) in [5.41, 5.74) is 2.35. The molecular formula is C19H17N5O3. The average molecular weight is 363 g/mol. The van der Waals surface area contributed by atoms with Crippen molar-refractivity contribution >= 4 is 39.1 Å². The second kappa shape index (κ2) is 6.56. The molecular weight excluding hydrogens is 346 g/mol. The van der Waals surface area contributed by atoms with Crippen LogP contribution < -0.4 is 5.32 Å². The van der Waals surface area contributed by atoms with Gasteiger partial charge in [-0.1, -0.05) is 6.92 Å². The van der Waals surface area contributed by atoms with Crippen LogP contribution in [-0.4, -0.2) is 25.6 Å². The number of aromatic nitrogens is 3. The van der Waals surface area contributed by atoms with Crippen LogP contribution in [0.1, 0.15) is 23.8 Å². The Balaban J connectivity index is 1.64. The summed E-state index contributed by atoms with van der Waals surface area (Å²) < 4.78 is 2.17. The van der Waals surface area contributed by atoms with Crippen LogP contribution in [-0.2, 0) is 6.54 Å². The van der Waals surface area contributed by atoms with Gasteiger partial charge < -0.3 is 9.88 Å². The molecule has 0 aliphatic heterocycles. The normalized spacial score (nSPS) is 11.1. The summed E-state index contributed by atoms with van der Waals surface area (Å²) in [5, 5.41) is 22.0. The van der Waals surface area contributed by atoms with E-state index in [0.29, 0.717) is 16.6 Å². The van der Waals surface area contributed by atoms with Gasteiger partial charge in [-0.2, -0.15) is 5.10 Å². The number of hydrogen-bond donors (Lipinski definition) is 2. The van der Waals surface area contributed by atoms with E-state index in [1.165, 1.54) is 12.1 Å². The van der Waals surface area contributed by atoms with Crippen molar-refractivity contribution in [2.75, 3.05) is 5.32 Å². The average Bonchev–Trinajstić information content (AvgIpc) is 3.25. The van der Waals surface area contributed by atoms with Gasteiger partial charge in [-0.25, -0.2) is 0 Å². The van der Waals surface area contributed by atoms with Crippen molar-refractivity contribution in [3.63, 3.8) is 0 Å². The first-order valence-corrected chi connectivity index (χ1v) is 8.59. The molecule has 8 nitrogen and oxygen atoms in total. The van der Waals surface area contributed by atoms with E-state index in [0.717, 1.165) is 23.9 Å². The van der Waals surface area contributed by atoms with Crippen LogP contribution in [0.5, 0.6) is 0 Å². The van der Waals surface area contributed by atoms with Crippen molar-refractivity contribution in [1.29, 1.82) is 0 Å². The highest BCUT2D eigenvalue weighted by Crippen LogP contribution is 2.24. The first-order valence-electron chi connectivity index (χ1n) is 8.59. The van der Waals surface area contributed by atoms with Crippen LogP contribution in [0.3, 0.4) is 0 Å². The molecule has 2 aromatic heterocycles. The molecule has 0 unspecified atom stereocenters. The van der Waals surface area contributed by atoms with Gasteiger partial charge in [0.05, 0.1) is 10.4 Å². The van der Waals surface area contributed by atoms with E-state index in [1.807, 2.05) is 30.5 Å².